The molecular formula is C40H39N3O. The van der Waals surface area contributed by atoms with Crippen LogP contribution in [0.15, 0.2) is 103 Å². The van der Waals surface area contributed by atoms with E-state index in [0.29, 0.717) is 12.1 Å². The van der Waals surface area contributed by atoms with Gasteiger partial charge in [-0.3, -0.25) is 0 Å². The molecule has 0 aromatic heterocycles. The minimum atomic E-state index is 0.166. The quantitative estimate of drug-likeness (QED) is 0.200. The third-order valence-electron chi connectivity index (χ3n) is 9.57. The SMILES string of the molecule is Cc1ccc2c(c1)Oc1cc(C)ccc1N2c1cc(-c2ccc(C3NC3(C)C)cc2)cc(-c2ccc(C3NC3(C)C)cc2)c1. The Labute approximate surface area is 260 Å². The Kier molecular flexibility index (Phi) is 5.91. The number of ether oxygens (including phenoxy) is 1. The van der Waals surface area contributed by atoms with Gasteiger partial charge in [-0.25, -0.2) is 0 Å². The predicted octanol–water partition coefficient (Wildman–Crippen LogP) is 10.1. The van der Waals surface area contributed by atoms with Crippen LogP contribution >= 0.6 is 0 Å². The lowest BCUT2D eigenvalue weighted by Crippen LogP contribution is -2.16. The van der Waals surface area contributed by atoms with E-state index in [1.54, 1.807) is 0 Å². The smallest absolute Gasteiger partial charge is 0.151 e. The topological polar surface area (TPSA) is 56.4 Å². The lowest BCUT2D eigenvalue weighted by molar-refractivity contribution is 0.476. The van der Waals surface area contributed by atoms with Gasteiger partial charge in [-0.1, -0.05) is 60.7 Å². The van der Waals surface area contributed by atoms with Gasteiger partial charge >= 0.3 is 0 Å². The molecule has 3 aliphatic rings. The molecule has 0 saturated carbocycles. The molecule has 8 rings (SSSR count). The average molecular weight is 578 g/mol. The number of rotatable bonds is 5. The molecule has 4 nitrogen and oxygen atoms in total. The van der Waals surface area contributed by atoms with Crippen LogP contribution in [0.3, 0.4) is 0 Å². The molecule has 0 aliphatic carbocycles. The van der Waals surface area contributed by atoms with E-state index in [2.05, 4.69) is 160 Å². The second-order valence-corrected chi connectivity index (χ2v) is 14.0. The Morgan fingerprint density at radius 1 is 0.523 bits per heavy atom. The van der Waals surface area contributed by atoms with Gasteiger partial charge in [0.1, 0.15) is 0 Å². The molecule has 2 atom stereocenters. The summed E-state index contributed by atoms with van der Waals surface area (Å²) in [4.78, 5) is 2.36. The minimum absolute atomic E-state index is 0.166. The first kappa shape index (κ1) is 27.2. The van der Waals surface area contributed by atoms with Gasteiger partial charge in [0, 0.05) is 16.8 Å². The van der Waals surface area contributed by atoms with Gasteiger partial charge in [0.15, 0.2) is 11.5 Å². The third kappa shape index (κ3) is 4.70. The highest BCUT2D eigenvalue weighted by atomic mass is 16.5. The molecule has 2 N–H and O–H groups in total. The van der Waals surface area contributed by atoms with Crippen LogP contribution in [-0.4, -0.2) is 11.1 Å². The molecule has 2 fully saturated rings. The highest BCUT2D eigenvalue weighted by Gasteiger charge is 2.46. The average Bonchev–Trinajstić information content (AvgIpc) is 3.87. The van der Waals surface area contributed by atoms with Crippen molar-refractivity contribution in [2.75, 3.05) is 4.90 Å². The number of fused-ring (bicyclic) bond motifs is 2. The van der Waals surface area contributed by atoms with Gasteiger partial charge in [0.2, 0.25) is 0 Å². The van der Waals surface area contributed by atoms with E-state index in [9.17, 15) is 0 Å². The van der Waals surface area contributed by atoms with Crippen molar-refractivity contribution in [3.05, 3.63) is 125 Å². The van der Waals surface area contributed by atoms with Crippen molar-refractivity contribution in [1.29, 1.82) is 0 Å². The number of hydrogen-bond acceptors (Lipinski definition) is 4. The summed E-state index contributed by atoms with van der Waals surface area (Å²) in [7, 11) is 0. The zero-order valence-corrected chi connectivity index (χ0v) is 26.3. The summed E-state index contributed by atoms with van der Waals surface area (Å²) in [6.07, 6.45) is 0. The van der Waals surface area contributed by atoms with Crippen LogP contribution in [0.1, 0.15) is 62.0 Å². The predicted molar refractivity (Wildman–Crippen MR) is 181 cm³/mol. The van der Waals surface area contributed by atoms with E-state index in [0.717, 1.165) is 28.6 Å². The molecule has 3 aliphatic heterocycles. The molecule has 220 valence electrons. The highest BCUT2D eigenvalue weighted by molar-refractivity contribution is 5.90. The van der Waals surface area contributed by atoms with Gasteiger partial charge in [-0.2, -0.15) is 0 Å². The molecule has 0 bridgehead atoms. The van der Waals surface area contributed by atoms with Crippen LogP contribution in [0, 0.1) is 13.8 Å². The first-order valence-electron chi connectivity index (χ1n) is 15.7. The number of anilines is 3. The maximum atomic E-state index is 6.48. The summed E-state index contributed by atoms with van der Waals surface area (Å²) < 4.78 is 6.48. The first-order chi connectivity index (χ1) is 21.1. The zero-order valence-electron chi connectivity index (χ0n) is 26.3. The van der Waals surface area contributed by atoms with Crippen LogP contribution in [0.4, 0.5) is 17.1 Å². The van der Waals surface area contributed by atoms with Crippen LogP contribution in [-0.2, 0) is 0 Å². The van der Waals surface area contributed by atoms with E-state index in [4.69, 9.17) is 4.74 Å². The summed E-state index contributed by atoms with van der Waals surface area (Å²) in [5, 5.41) is 7.18. The fraction of sp³-hybridized carbons (Fsp3) is 0.250. The van der Waals surface area contributed by atoms with Crippen molar-refractivity contribution in [1.82, 2.24) is 10.6 Å². The van der Waals surface area contributed by atoms with E-state index in [1.165, 1.54) is 44.5 Å². The summed E-state index contributed by atoms with van der Waals surface area (Å²) in [5.74, 6) is 1.76. The van der Waals surface area contributed by atoms with Crippen molar-refractivity contribution in [3.63, 3.8) is 0 Å². The number of benzene rings is 5. The fourth-order valence-corrected chi connectivity index (χ4v) is 6.77. The molecule has 3 heterocycles. The van der Waals surface area contributed by atoms with Crippen LogP contribution in [0.25, 0.3) is 22.3 Å². The molecule has 2 unspecified atom stereocenters. The van der Waals surface area contributed by atoms with Crippen molar-refractivity contribution < 1.29 is 4.74 Å². The maximum absolute atomic E-state index is 6.48. The van der Waals surface area contributed by atoms with Crippen LogP contribution in [0.2, 0.25) is 0 Å². The molecule has 44 heavy (non-hydrogen) atoms. The van der Waals surface area contributed by atoms with Gasteiger partial charge < -0.3 is 20.3 Å². The third-order valence-corrected chi connectivity index (χ3v) is 9.57. The Morgan fingerprint density at radius 3 is 1.32 bits per heavy atom. The first-order valence-corrected chi connectivity index (χ1v) is 15.7. The normalized spacial score (nSPS) is 20.4. The Bertz CT molecular complexity index is 1790. The molecule has 0 spiro atoms. The standard InChI is InChI=1S/C40H39N3O/c1-24-7-17-33-35(19-24)44-36-20-25(2)8-18-34(36)43(33)32-22-30(26-9-13-28(14-10-26)37-39(3,4)41-37)21-31(23-32)27-11-15-29(16-12-27)38-40(5,6)42-38/h7-23,37-38,41-42H,1-6H3. The Morgan fingerprint density at radius 2 is 0.932 bits per heavy atom. The molecule has 2 saturated heterocycles. The van der Waals surface area contributed by atoms with E-state index < -0.39 is 0 Å². The Hall–Kier alpha value is -4.38. The Balaban J connectivity index is 1.27. The maximum Gasteiger partial charge on any atom is 0.151 e. The van der Waals surface area contributed by atoms with Gasteiger partial charge in [0.05, 0.1) is 23.5 Å². The van der Waals surface area contributed by atoms with E-state index >= 15 is 0 Å². The van der Waals surface area contributed by atoms with E-state index in [1.807, 2.05) is 0 Å². The minimum Gasteiger partial charge on any atom is -0.453 e. The summed E-state index contributed by atoms with van der Waals surface area (Å²) in [5.41, 5.74) is 13.4. The molecule has 0 radical (unpaired) electrons. The monoisotopic (exact) mass is 577 g/mol. The molecule has 4 heteroatoms. The van der Waals surface area contributed by atoms with Gasteiger partial charge in [0.25, 0.3) is 0 Å². The molecule has 5 aromatic rings. The summed E-state index contributed by atoms with van der Waals surface area (Å²) in [6, 6.07) is 38.9. The van der Waals surface area contributed by atoms with Crippen molar-refractivity contribution >= 4 is 17.1 Å². The molecule has 5 aromatic carbocycles. The van der Waals surface area contributed by atoms with Crippen LogP contribution < -0.4 is 20.3 Å². The van der Waals surface area contributed by atoms with Crippen molar-refractivity contribution in [3.8, 4) is 33.8 Å². The molecule has 0 amide bonds. The summed E-state index contributed by atoms with van der Waals surface area (Å²) >= 11 is 0. The second kappa shape index (κ2) is 9.56. The largest absolute Gasteiger partial charge is 0.453 e. The fourth-order valence-electron chi connectivity index (χ4n) is 6.77. The highest BCUT2D eigenvalue weighted by Crippen LogP contribution is 2.52. The van der Waals surface area contributed by atoms with Crippen LogP contribution in [0.5, 0.6) is 11.5 Å². The van der Waals surface area contributed by atoms with E-state index in [-0.39, 0.29) is 11.1 Å². The number of aryl methyl sites for hydroxylation is 2. The second-order valence-electron chi connectivity index (χ2n) is 14.0. The molecular weight excluding hydrogens is 538 g/mol. The number of hydrogen-bond donors (Lipinski definition) is 2. The summed E-state index contributed by atoms with van der Waals surface area (Å²) in [6.45, 7) is 13.3. The lowest BCUT2D eigenvalue weighted by Gasteiger charge is -2.34. The lowest BCUT2D eigenvalue weighted by atomic mass is 9.94. The van der Waals surface area contributed by atoms with Gasteiger partial charge in [-0.05, 0) is 129 Å². The number of nitrogens with zero attached hydrogens (tertiary/aromatic N) is 1. The number of nitrogens with one attached hydrogen (secondary N) is 2. The zero-order chi connectivity index (χ0) is 30.4. The van der Waals surface area contributed by atoms with Crippen molar-refractivity contribution in [2.24, 2.45) is 0 Å². The van der Waals surface area contributed by atoms with Crippen molar-refractivity contribution in [2.45, 2.75) is 64.7 Å². The van der Waals surface area contributed by atoms with Gasteiger partial charge in [-0.15, -0.1) is 0 Å².